The second-order valence-electron chi connectivity index (χ2n) is 11.9. The Kier molecular flexibility index (Phi) is 11.4. The summed E-state index contributed by atoms with van der Waals surface area (Å²) in [6, 6.07) is 0. The molecule has 0 aromatic heterocycles. The van der Waals surface area contributed by atoms with Gasteiger partial charge in [0.2, 0.25) is 0 Å². The molecule has 2 aliphatic carbocycles. The molecule has 0 spiro atoms. The molecular weight excluding hydrogens is 422 g/mol. The molecule has 0 nitrogen and oxygen atoms in total. The number of allylic oxidation sites excluding steroid dienone is 8. The van der Waals surface area contributed by atoms with E-state index in [0.29, 0.717) is 0 Å². The van der Waals surface area contributed by atoms with Gasteiger partial charge < -0.3 is 0 Å². The lowest BCUT2D eigenvalue weighted by Gasteiger charge is -2.31. The molecule has 0 saturated carbocycles. The van der Waals surface area contributed by atoms with Crippen molar-refractivity contribution in [2.75, 3.05) is 24.6 Å². The van der Waals surface area contributed by atoms with E-state index < -0.39 is 0 Å². The van der Waals surface area contributed by atoms with Gasteiger partial charge in [-0.25, -0.2) is 0 Å². The summed E-state index contributed by atoms with van der Waals surface area (Å²) in [7, 11) is 0.0673. The van der Waals surface area contributed by atoms with Crippen LogP contribution < -0.4 is 0 Å². The molecule has 32 heavy (non-hydrogen) atoms. The van der Waals surface area contributed by atoms with Crippen molar-refractivity contribution in [3.63, 3.8) is 0 Å². The van der Waals surface area contributed by atoms with E-state index in [1.54, 1.807) is 22.3 Å². The smallest absolute Gasteiger partial charge is 0.00164 e. The molecular formula is C30H52P2. The third kappa shape index (κ3) is 7.95. The van der Waals surface area contributed by atoms with E-state index in [1.165, 1.54) is 24.6 Å². The van der Waals surface area contributed by atoms with Crippen LogP contribution in [0.2, 0.25) is 0 Å². The molecule has 0 radical (unpaired) electrons. The highest BCUT2D eigenvalue weighted by atomic mass is 31.1. The van der Waals surface area contributed by atoms with E-state index in [2.05, 4.69) is 93.5 Å². The van der Waals surface area contributed by atoms with Crippen LogP contribution in [-0.2, 0) is 0 Å². The first-order valence-corrected chi connectivity index (χ1v) is 16.8. The van der Waals surface area contributed by atoms with E-state index in [0.717, 1.165) is 47.8 Å². The highest BCUT2D eigenvalue weighted by Gasteiger charge is 2.30. The zero-order valence-corrected chi connectivity index (χ0v) is 24.7. The van der Waals surface area contributed by atoms with Crippen LogP contribution in [0.1, 0.15) is 82.1 Å². The van der Waals surface area contributed by atoms with Crippen LogP contribution in [-0.4, -0.2) is 36.0 Å². The molecule has 0 N–H and O–H groups in total. The molecule has 0 unspecified atom stereocenters. The summed E-state index contributed by atoms with van der Waals surface area (Å²) < 4.78 is 0. The average molecular weight is 475 g/mol. The predicted molar refractivity (Wildman–Crippen MR) is 153 cm³/mol. The van der Waals surface area contributed by atoms with Crippen molar-refractivity contribution < 1.29 is 0 Å². The third-order valence-corrected chi connectivity index (χ3v) is 14.2. The minimum Gasteiger partial charge on any atom is -0.0988 e. The lowest BCUT2D eigenvalue weighted by Crippen LogP contribution is -2.16. The Morgan fingerprint density at radius 1 is 0.531 bits per heavy atom. The summed E-state index contributed by atoms with van der Waals surface area (Å²) in [4.78, 5) is 0. The normalized spacial score (nSPS) is 18.9. The van der Waals surface area contributed by atoms with Crippen LogP contribution in [0.4, 0.5) is 0 Å². The first kappa shape index (κ1) is 28.1. The Bertz CT molecular complexity index is 635. The van der Waals surface area contributed by atoms with Gasteiger partial charge in [-0.1, -0.05) is 109 Å². The SMILES string of the molecule is CC(C)CP(CC(C)C)[C@H](C)C1=C(C2=C([C@@H](C)P(CC(C)C)CC(C)C)C=CC2)CC=C1. The van der Waals surface area contributed by atoms with Gasteiger partial charge in [0, 0.05) is 11.3 Å². The third-order valence-electron chi connectivity index (χ3n) is 6.69. The van der Waals surface area contributed by atoms with E-state index in [-0.39, 0.29) is 15.8 Å². The number of hydrogen-bond donors (Lipinski definition) is 0. The molecule has 0 aromatic rings. The Balaban J connectivity index is 2.39. The first-order valence-electron chi connectivity index (χ1n) is 13.3. The Morgan fingerprint density at radius 3 is 1.06 bits per heavy atom. The van der Waals surface area contributed by atoms with Crippen LogP contribution in [0.3, 0.4) is 0 Å². The van der Waals surface area contributed by atoms with Crippen LogP contribution in [0.15, 0.2) is 46.6 Å². The van der Waals surface area contributed by atoms with Crippen molar-refractivity contribution in [1.29, 1.82) is 0 Å². The molecule has 0 amide bonds. The van der Waals surface area contributed by atoms with E-state index in [9.17, 15) is 0 Å². The summed E-state index contributed by atoms with van der Waals surface area (Å²) >= 11 is 0. The Labute approximate surface area is 204 Å². The Hall–Kier alpha value is -0.180. The Morgan fingerprint density at radius 2 is 0.812 bits per heavy atom. The zero-order chi connectivity index (χ0) is 24.0. The lowest BCUT2D eigenvalue weighted by molar-refractivity contribution is 0.713. The topological polar surface area (TPSA) is 0 Å². The maximum Gasteiger partial charge on any atom is 0.00164 e. The zero-order valence-electron chi connectivity index (χ0n) is 22.9. The van der Waals surface area contributed by atoms with Gasteiger partial charge in [-0.05, 0) is 83.5 Å². The lowest BCUT2D eigenvalue weighted by atomic mass is 9.95. The van der Waals surface area contributed by atoms with E-state index in [4.69, 9.17) is 0 Å². The standard InChI is InChI=1S/C30H52P2/c1-21(2)17-31(18-22(3)4)25(9)27-13-11-15-29(27)30-16-12-14-28(30)26(10)32(19-23(5)6)20-24(7)8/h11-14,21-26H,15-20H2,1-10H3/t25-,26-/m1/s1. The van der Waals surface area contributed by atoms with Gasteiger partial charge in [-0.2, -0.15) is 0 Å². The predicted octanol–water partition coefficient (Wildman–Crippen LogP) is 9.86. The fraction of sp³-hybridized carbons (Fsp3) is 0.733. The second-order valence-corrected chi connectivity index (χ2v) is 17.3. The van der Waals surface area contributed by atoms with Gasteiger partial charge in [0.25, 0.3) is 0 Å². The van der Waals surface area contributed by atoms with Crippen LogP contribution in [0, 0.1) is 23.7 Å². The molecule has 0 saturated heterocycles. The fourth-order valence-electron chi connectivity index (χ4n) is 5.47. The maximum absolute atomic E-state index is 2.55. The molecule has 0 aromatic carbocycles. The molecule has 2 atom stereocenters. The maximum atomic E-state index is 2.55. The van der Waals surface area contributed by atoms with E-state index in [1.807, 2.05) is 0 Å². The van der Waals surface area contributed by atoms with Crippen LogP contribution in [0.25, 0.3) is 0 Å². The van der Waals surface area contributed by atoms with Crippen LogP contribution >= 0.6 is 15.8 Å². The molecule has 2 aliphatic rings. The summed E-state index contributed by atoms with van der Waals surface area (Å²) in [5.41, 5.74) is 8.24. The second kappa shape index (κ2) is 13.1. The highest BCUT2D eigenvalue weighted by Crippen LogP contribution is 2.53. The quantitative estimate of drug-likeness (QED) is 0.233. The van der Waals surface area contributed by atoms with Gasteiger partial charge in [0.1, 0.15) is 0 Å². The summed E-state index contributed by atoms with van der Waals surface area (Å²) in [5.74, 6) is 3.20. The van der Waals surface area contributed by atoms with Crippen molar-refractivity contribution >= 4 is 15.8 Å². The molecule has 0 heterocycles. The average Bonchev–Trinajstić information content (AvgIpc) is 3.33. The first-order chi connectivity index (χ1) is 15.0. The van der Waals surface area contributed by atoms with Gasteiger partial charge in [0.05, 0.1) is 0 Å². The van der Waals surface area contributed by atoms with Crippen LogP contribution in [0.5, 0.6) is 0 Å². The summed E-state index contributed by atoms with van der Waals surface area (Å²) in [6.07, 6.45) is 17.9. The number of rotatable bonds is 13. The van der Waals surface area contributed by atoms with Crippen molar-refractivity contribution in [3.05, 3.63) is 46.6 Å². The molecule has 182 valence electrons. The van der Waals surface area contributed by atoms with Gasteiger partial charge in [0.15, 0.2) is 0 Å². The molecule has 2 rings (SSSR count). The van der Waals surface area contributed by atoms with E-state index >= 15 is 0 Å². The van der Waals surface area contributed by atoms with Gasteiger partial charge >= 0.3 is 0 Å². The van der Waals surface area contributed by atoms with Crippen molar-refractivity contribution in [1.82, 2.24) is 0 Å². The highest BCUT2D eigenvalue weighted by molar-refractivity contribution is 7.59. The van der Waals surface area contributed by atoms with Gasteiger partial charge in [-0.3, -0.25) is 0 Å². The summed E-state index contributed by atoms with van der Waals surface area (Å²) in [5, 5.41) is 0. The number of hydrogen-bond acceptors (Lipinski definition) is 0. The monoisotopic (exact) mass is 474 g/mol. The van der Waals surface area contributed by atoms with Gasteiger partial charge in [-0.15, -0.1) is 0 Å². The largest absolute Gasteiger partial charge is 0.0988 e. The molecule has 0 aliphatic heterocycles. The molecule has 0 fully saturated rings. The minimum absolute atomic E-state index is 0.0336. The minimum atomic E-state index is 0.0336. The fourth-order valence-corrected chi connectivity index (χ4v) is 12.1. The summed E-state index contributed by atoms with van der Waals surface area (Å²) in [6.45, 7) is 24.4. The van der Waals surface area contributed by atoms with Crippen molar-refractivity contribution in [3.8, 4) is 0 Å². The molecule has 2 heteroatoms. The molecule has 0 bridgehead atoms. The van der Waals surface area contributed by atoms with Crippen molar-refractivity contribution in [2.45, 2.75) is 93.4 Å². The van der Waals surface area contributed by atoms with Crippen molar-refractivity contribution in [2.24, 2.45) is 23.7 Å².